The summed E-state index contributed by atoms with van der Waals surface area (Å²) in [5.41, 5.74) is 1.01. The Morgan fingerprint density at radius 2 is 1.72 bits per heavy atom. The Bertz CT molecular complexity index is 659. The molecule has 138 valence electrons. The van der Waals surface area contributed by atoms with E-state index in [9.17, 15) is 14.4 Å². The zero-order chi connectivity index (χ0) is 18.6. The molecule has 2 N–H and O–H groups in total. The molecule has 0 aromatic carbocycles. The number of carbonyl (C=O) groups is 3. The Balaban J connectivity index is 1.86. The molecule has 0 spiro atoms. The van der Waals surface area contributed by atoms with Crippen molar-refractivity contribution in [2.24, 2.45) is 0 Å². The van der Waals surface area contributed by atoms with Crippen molar-refractivity contribution < 1.29 is 23.5 Å². The zero-order valence-electron chi connectivity index (χ0n) is 15.2. The third kappa shape index (κ3) is 4.84. The van der Waals surface area contributed by atoms with Crippen LogP contribution in [0.3, 0.4) is 0 Å². The van der Waals surface area contributed by atoms with Crippen LogP contribution in [0.25, 0.3) is 0 Å². The second-order valence-corrected chi connectivity index (χ2v) is 6.56. The summed E-state index contributed by atoms with van der Waals surface area (Å²) in [6, 6.07) is -0.454. The normalized spacial score (nSPS) is 16.2. The lowest BCUT2D eigenvalue weighted by atomic mass is 9.96. The number of amides is 3. The molecule has 0 radical (unpaired) electrons. The summed E-state index contributed by atoms with van der Waals surface area (Å²) >= 11 is 0. The molecule has 1 saturated carbocycles. The van der Waals surface area contributed by atoms with Gasteiger partial charge in [0.15, 0.2) is 6.10 Å². The largest absolute Gasteiger partial charge is 0.465 e. The lowest BCUT2D eigenvalue weighted by molar-refractivity contribution is -0.127. The molecular weight excluding hydrogens is 324 g/mol. The number of rotatable bonds is 4. The highest BCUT2D eigenvalue weighted by molar-refractivity contribution is 5.99. The van der Waals surface area contributed by atoms with E-state index in [1.807, 2.05) is 0 Å². The van der Waals surface area contributed by atoms with E-state index in [4.69, 9.17) is 9.15 Å². The predicted octanol–water partition coefficient (Wildman–Crippen LogP) is 2.91. The summed E-state index contributed by atoms with van der Waals surface area (Å²) in [7, 11) is 0. The van der Waals surface area contributed by atoms with Crippen LogP contribution >= 0.6 is 0 Å². The van der Waals surface area contributed by atoms with Crippen molar-refractivity contribution in [2.45, 2.75) is 71.9 Å². The van der Waals surface area contributed by atoms with Crippen LogP contribution in [0.4, 0.5) is 4.79 Å². The average molecular weight is 350 g/mol. The summed E-state index contributed by atoms with van der Waals surface area (Å²) in [5, 5.41) is 5.01. The standard InChI is InChI=1S/C18H26N2O5/c1-10-11(2)24-12(3)15(10)17(22)25-13(4)16(21)20-18(23)19-14-8-6-5-7-9-14/h13-14H,5-9H2,1-4H3,(H2,19,20,21,23)/t13-/m0/s1. The van der Waals surface area contributed by atoms with Crippen LogP contribution in [-0.2, 0) is 9.53 Å². The highest BCUT2D eigenvalue weighted by atomic mass is 16.5. The van der Waals surface area contributed by atoms with Gasteiger partial charge in [0.2, 0.25) is 0 Å². The summed E-state index contributed by atoms with van der Waals surface area (Å²) in [4.78, 5) is 36.2. The highest BCUT2D eigenvalue weighted by Gasteiger charge is 2.26. The van der Waals surface area contributed by atoms with Gasteiger partial charge in [-0.2, -0.15) is 0 Å². The van der Waals surface area contributed by atoms with Crippen LogP contribution in [0, 0.1) is 20.8 Å². The van der Waals surface area contributed by atoms with Gasteiger partial charge in [-0.1, -0.05) is 19.3 Å². The molecule has 1 atom stereocenters. The first-order chi connectivity index (χ1) is 11.8. The van der Waals surface area contributed by atoms with Gasteiger partial charge in [-0.15, -0.1) is 0 Å². The highest BCUT2D eigenvalue weighted by Crippen LogP contribution is 2.22. The molecule has 7 heteroatoms. The summed E-state index contributed by atoms with van der Waals surface area (Å²) in [6.45, 7) is 6.60. The van der Waals surface area contributed by atoms with E-state index >= 15 is 0 Å². The number of hydrogen-bond donors (Lipinski definition) is 2. The van der Waals surface area contributed by atoms with Gasteiger partial charge in [-0.05, 0) is 40.5 Å². The first-order valence-corrected chi connectivity index (χ1v) is 8.68. The topological polar surface area (TPSA) is 97.6 Å². The lowest BCUT2D eigenvalue weighted by Gasteiger charge is -2.23. The van der Waals surface area contributed by atoms with Crippen molar-refractivity contribution in [3.63, 3.8) is 0 Å². The molecule has 1 aromatic rings. The van der Waals surface area contributed by atoms with Crippen LogP contribution in [0.15, 0.2) is 4.42 Å². The maximum absolute atomic E-state index is 12.3. The fraction of sp³-hybridized carbons (Fsp3) is 0.611. The van der Waals surface area contributed by atoms with Crippen LogP contribution in [0.5, 0.6) is 0 Å². The van der Waals surface area contributed by atoms with E-state index in [1.54, 1.807) is 20.8 Å². The van der Waals surface area contributed by atoms with E-state index in [-0.39, 0.29) is 6.04 Å². The lowest BCUT2D eigenvalue weighted by Crippen LogP contribution is -2.48. The molecule has 1 aliphatic carbocycles. The summed E-state index contributed by atoms with van der Waals surface area (Å²) in [5.74, 6) is -0.213. The minimum atomic E-state index is -1.08. The molecule has 25 heavy (non-hydrogen) atoms. The SMILES string of the molecule is Cc1oc(C)c(C(=O)O[C@@H](C)C(=O)NC(=O)NC2CCCCC2)c1C. The van der Waals surface area contributed by atoms with E-state index < -0.39 is 24.0 Å². The minimum absolute atomic E-state index is 0.0959. The zero-order valence-corrected chi connectivity index (χ0v) is 15.2. The average Bonchev–Trinajstić information content (AvgIpc) is 2.80. The van der Waals surface area contributed by atoms with E-state index in [2.05, 4.69) is 10.6 Å². The number of hydrogen-bond acceptors (Lipinski definition) is 5. The quantitative estimate of drug-likeness (QED) is 0.814. The second-order valence-electron chi connectivity index (χ2n) is 6.56. The fourth-order valence-electron chi connectivity index (χ4n) is 3.05. The van der Waals surface area contributed by atoms with Crippen LogP contribution in [-0.4, -0.2) is 30.1 Å². The van der Waals surface area contributed by atoms with E-state index in [1.165, 1.54) is 13.3 Å². The molecule has 3 amide bonds. The number of imide groups is 1. The van der Waals surface area contributed by atoms with Crippen molar-refractivity contribution in [1.82, 2.24) is 10.6 Å². The number of urea groups is 1. The van der Waals surface area contributed by atoms with Gasteiger partial charge in [0.1, 0.15) is 17.1 Å². The Morgan fingerprint density at radius 1 is 1.08 bits per heavy atom. The Kier molecular flexibility index (Phi) is 6.22. The van der Waals surface area contributed by atoms with Crippen LogP contribution in [0.1, 0.15) is 66.5 Å². The monoisotopic (exact) mass is 350 g/mol. The van der Waals surface area contributed by atoms with Gasteiger partial charge in [0.05, 0.1) is 0 Å². The molecule has 0 saturated heterocycles. The maximum Gasteiger partial charge on any atom is 0.342 e. The third-order valence-corrected chi connectivity index (χ3v) is 4.60. The van der Waals surface area contributed by atoms with Gasteiger partial charge in [-0.25, -0.2) is 9.59 Å². The number of furan rings is 1. The molecule has 7 nitrogen and oxygen atoms in total. The second kappa shape index (κ2) is 8.18. The molecule has 1 aromatic heterocycles. The molecule has 2 rings (SSSR count). The van der Waals surface area contributed by atoms with Gasteiger partial charge < -0.3 is 14.5 Å². The van der Waals surface area contributed by atoms with Gasteiger partial charge in [0, 0.05) is 11.6 Å². The van der Waals surface area contributed by atoms with Crippen LogP contribution in [0.2, 0.25) is 0 Å². The number of esters is 1. The smallest absolute Gasteiger partial charge is 0.342 e. The molecule has 0 bridgehead atoms. The summed E-state index contributed by atoms with van der Waals surface area (Å²) in [6.07, 6.45) is 4.09. The molecule has 1 fully saturated rings. The van der Waals surface area contributed by atoms with E-state index in [0.29, 0.717) is 22.6 Å². The van der Waals surface area contributed by atoms with Crippen molar-refractivity contribution in [1.29, 1.82) is 0 Å². The molecule has 0 aliphatic heterocycles. The minimum Gasteiger partial charge on any atom is -0.465 e. The fourth-order valence-corrected chi connectivity index (χ4v) is 3.05. The summed E-state index contributed by atoms with van der Waals surface area (Å²) < 4.78 is 10.6. The van der Waals surface area contributed by atoms with Gasteiger partial charge in [0.25, 0.3) is 5.91 Å². The maximum atomic E-state index is 12.3. The first kappa shape index (κ1) is 19.0. The van der Waals surface area contributed by atoms with Crippen molar-refractivity contribution >= 4 is 17.9 Å². The molecule has 1 aliphatic rings. The molecule has 0 unspecified atom stereocenters. The third-order valence-electron chi connectivity index (χ3n) is 4.60. The Morgan fingerprint density at radius 3 is 2.28 bits per heavy atom. The number of ether oxygens (including phenoxy) is 1. The Labute approximate surface area is 147 Å². The molecular formula is C18H26N2O5. The van der Waals surface area contributed by atoms with Gasteiger partial charge >= 0.3 is 12.0 Å². The number of carbonyl (C=O) groups excluding carboxylic acids is 3. The predicted molar refractivity (Wildman–Crippen MR) is 91.3 cm³/mol. The van der Waals surface area contributed by atoms with Gasteiger partial charge in [-0.3, -0.25) is 10.1 Å². The van der Waals surface area contributed by atoms with E-state index in [0.717, 1.165) is 25.7 Å². The number of aryl methyl sites for hydroxylation is 2. The van der Waals surface area contributed by atoms with Crippen molar-refractivity contribution in [3.05, 3.63) is 22.6 Å². The van der Waals surface area contributed by atoms with Crippen molar-refractivity contribution in [2.75, 3.05) is 0 Å². The van der Waals surface area contributed by atoms with Crippen LogP contribution < -0.4 is 10.6 Å². The first-order valence-electron chi connectivity index (χ1n) is 8.68. The number of nitrogens with one attached hydrogen (secondary N) is 2. The van der Waals surface area contributed by atoms with Crippen molar-refractivity contribution in [3.8, 4) is 0 Å². The Hall–Kier alpha value is -2.31. The molecule has 1 heterocycles.